The molecule has 2 aromatic rings. The smallest absolute Gasteiger partial charge is 0.262 e. The third-order valence-corrected chi connectivity index (χ3v) is 5.27. The van der Waals surface area contributed by atoms with Crippen molar-refractivity contribution in [2.75, 3.05) is 19.0 Å². The van der Waals surface area contributed by atoms with E-state index in [-0.39, 0.29) is 24.5 Å². The van der Waals surface area contributed by atoms with Gasteiger partial charge in [0.1, 0.15) is 11.5 Å². The first-order chi connectivity index (χ1) is 14.0. The molecule has 0 radical (unpaired) electrons. The molecule has 29 heavy (non-hydrogen) atoms. The molecule has 1 fully saturated rings. The fourth-order valence-corrected chi connectivity index (χ4v) is 3.53. The SMILES string of the molecule is COc1cccc(NC(=O)COc2ccc(C(=O)NC3CCCCC3C)cc2)c1. The first kappa shape index (κ1) is 20.7. The van der Waals surface area contributed by atoms with Crippen molar-refractivity contribution in [3.8, 4) is 11.5 Å². The van der Waals surface area contributed by atoms with E-state index in [4.69, 9.17) is 9.47 Å². The summed E-state index contributed by atoms with van der Waals surface area (Å²) in [6, 6.07) is 14.2. The van der Waals surface area contributed by atoms with Crippen LogP contribution < -0.4 is 20.1 Å². The minimum absolute atomic E-state index is 0.0638. The van der Waals surface area contributed by atoms with Gasteiger partial charge in [0.15, 0.2) is 6.61 Å². The Morgan fingerprint density at radius 1 is 1.03 bits per heavy atom. The molecular formula is C23H28N2O4. The van der Waals surface area contributed by atoms with E-state index in [0.717, 1.165) is 12.8 Å². The van der Waals surface area contributed by atoms with Gasteiger partial charge in [0, 0.05) is 23.4 Å². The number of carbonyl (C=O) groups excluding carboxylic acids is 2. The Bertz CT molecular complexity index is 835. The van der Waals surface area contributed by atoms with Crippen LogP contribution in [0.4, 0.5) is 5.69 Å². The Labute approximate surface area is 171 Å². The van der Waals surface area contributed by atoms with Crippen LogP contribution in [0.3, 0.4) is 0 Å². The molecule has 0 heterocycles. The summed E-state index contributed by atoms with van der Waals surface area (Å²) in [5.41, 5.74) is 1.23. The molecule has 0 aliphatic heterocycles. The second kappa shape index (κ2) is 9.96. The Morgan fingerprint density at radius 2 is 1.79 bits per heavy atom. The van der Waals surface area contributed by atoms with Gasteiger partial charge in [-0.3, -0.25) is 9.59 Å². The standard InChI is InChI=1S/C23H28N2O4/c1-16-6-3-4-9-21(16)25-23(27)17-10-12-19(13-11-17)29-15-22(26)24-18-7-5-8-20(14-18)28-2/h5,7-8,10-14,16,21H,3-4,6,9,15H2,1-2H3,(H,24,26)(H,25,27). The first-order valence-electron chi connectivity index (χ1n) is 10.0. The summed E-state index contributed by atoms with van der Waals surface area (Å²) in [6.45, 7) is 2.07. The monoisotopic (exact) mass is 396 g/mol. The van der Waals surface area contributed by atoms with Gasteiger partial charge in [-0.25, -0.2) is 0 Å². The maximum Gasteiger partial charge on any atom is 0.262 e. The Morgan fingerprint density at radius 3 is 2.52 bits per heavy atom. The second-order valence-corrected chi connectivity index (χ2v) is 7.43. The van der Waals surface area contributed by atoms with Gasteiger partial charge in [0.25, 0.3) is 11.8 Å². The summed E-state index contributed by atoms with van der Waals surface area (Å²) in [6.07, 6.45) is 4.61. The highest BCUT2D eigenvalue weighted by Gasteiger charge is 2.23. The van der Waals surface area contributed by atoms with Crippen LogP contribution in [0.15, 0.2) is 48.5 Å². The topological polar surface area (TPSA) is 76.7 Å². The first-order valence-corrected chi connectivity index (χ1v) is 10.0. The molecule has 2 aromatic carbocycles. The van der Waals surface area contributed by atoms with Crippen molar-refractivity contribution in [3.63, 3.8) is 0 Å². The molecule has 0 aromatic heterocycles. The lowest BCUT2D eigenvalue weighted by Gasteiger charge is -2.29. The van der Waals surface area contributed by atoms with Crippen molar-refractivity contribution in [2.24, 2.45) is 5.92 Å². The molecule has 6 nitrogen and oxygen atoms in total. The van der Waals surface area contributed by atoms with Crippen molar-refractivity contribution < 1.29 is 19.1 Å². The van der Waals surface area contributed by atoms with Gasteiger partial charge < -0.3 is 20.1 Å². The van der Waals surface area contributed by atoms with Crippen LogP contribution in [0.25, 0.3) is 0 Å². The zero-order chi connectivity index (χ0) is 20.6. The summed E-state index contributed by atoms with van der Waals surface area (Å²) in [5.74, 6) is 1.38. The van der Waals surface area contributed by atoms with E-state index in [1.165, 1.54) is 12.8 Å². The number of hydrogen-bond acceptors (Lipinski definition) is 4. The molecule has 1 aliphatic rings. The van der Waals surface area contributed by atoms with Crippen molar-refractivity contribution in [1.29, 1.82) is 0 Å². The van der Waals surface area contributed by atoms with Crippen LogP contribution in [-0.4, -0.2) is 31.6 Å². The predicted octanol–water partition coefficient (Wildman–Crippen LogP) is 4.02. The number of rotatable bonds is 7. The zero-order valence-electron chi connectivity index (χ0n) is 16.9. The van der Waals surface area contributed by atoms with Crippen LogP contribution in [0.1, 0.15) is 43.0 Å². The van der Waals surface area contributed by atoms with Gasteiger partial charge in [-0.05, 0) is 55.2 Å². The van der Waals surface area contributed by atoms with Crippen LogP contribution in [-0.2, 0) is 4.79 Å². The summed E-state index contributed by atoms with van der Waals surface area (Å²) < 4.78 is 10.7. The van der Waals surface area contributed by atoms with Gasteiger partial charge in [-0.15, -0.1) is 0 Å². The fraction of sp³-hybridized carbons (Fsp3) is 0.391. The van der Waals surface area contributed by atoms with Crippen LogP contribution in [0, 0.1) is 5.92 Å². The van der Waals surface area contributed by atoms with E-state index in [1.807, 2.05) is 0 Å². The number of hydrogen-bond donors (Lipinski definition) is 2. The van der Waals surface area contributed by atoms with E-state index in [9.17, 15) is 9.59 Å². The summed E-state index contributed by atoms with van der Waals surface area (Å²) in [7, 11) is 1.57. The fourth-order valence-electron chi connectivity index (χ4n) is 3.53. The molecule has 3 rings (SSSR count). The number of amides is 2. The quantitative estimate of drug-likeness (QED) is 0.741. The molecule has 2 unspecified atom stereocenters. The van der Waals surface area contributed by atoms with E-state index < -0.39 is 0 Å². The highest BCUT2D eigenvalue weighted by Crippen LogP contribution is 2.24. The van der Waals surface area contributed by atoms with Gasteiger partial charge >= 0.3 is 0 Å². The number of carbonyl (C=O) groups is 2. The third-order valence-electron chi connectivity index (χ3n) is 5.27. The molecule has 2 amide bonds. The lowest BCUT2D eigenvalue weighted by atomic mass is 9.86. The van der Waals surface area contributed by atoms with Crippen molar-refractivity contribution >= 4 is 17.5 Å². The number of methoxy groups -OCH3 is 1. The second-order valence-electron chi connectivity index (χ2n) is 7.43. The van der Waals surface area contributed by atoms with Crippen LogP contribution >= 0.6 is 0 Å². The van der Waals surface area contributed by atoms with Crippen molar-refractivity contribution in [2.45, 2.75) is 38.6 Å². The molecule has 1 saturated carbocycles. The third kappa shape index (κ3) is 5.98. The predicted molar refractivity (Wildman–Crippen MR) is 112 cm³/mol. The molecule has 0 bridgehead atoms. The molecule has 2 atom stereocenters. The minimum atomic E-state index is -0.272. The Hall–Kier alpha value is -3.02. The van der Waals surface area contributed by atoms with E-state index >= 15 is 0 Å². The molecule has 6 heteroatoms. The summed E-state index contributed by atoms with van der Waals surface area (Å²) in [4.78, 5) is 24.5. The molecule has 0 spiro atoms. The molecule has 1 aliphatic carbocycles. The van der Waals surface area contributed by atoms with E-state index in [2.05, 4.69) is 17.6 Å². The number of nitrogens with one attached hydrogen (secondary N) is 2. The molecule has 2 N–H and O–H groups in total. The summed E-state index contributed by atoms with van der Waals surface area (Å²) >= 11 is 0. The highest BCUT2D eigenvalue weighted by molar-refractivity contribution is 5.94. The highest BCUT2D eigenvalue weighted by atomic mass is 16.5. The molecule has 154 valence electrons. The van der Waals surface area contributed by atoms with Gasteiger partial charge in [-0.2, -0.15) is 0 Å². The average Bonchev–Trinajstić information content (AvgIpc) is 2.74. The Balaban J connectivity index is 1.48. The van der Waals surface area contributed by atoms with E-state index in [0.29, 0.717) is 28.7 Å². The van der Waals surface area contributed by atoms with E-state index in [1.54, 1.807) is 55.6 Å². The minimum Gasteiger partial charge on any atom is -0.497 e. The van der Waals surface area contributed by atoms with Crippen LogP contribution in [0.2, 0.25) is 0 Å². The zero-order valence-corrected chi connectivity index (χ0v) is 16.9. The molecular weight excluding hydrogens is 368 g/mol. The normalized spacial score (nSPS) is 18.6. The van der Waals surface area contributed by atoms with Gasteiger partial charge in [0.2, 0.25) is 0 Å². The van der Waals surface area contributed by atoms with Crippen molar-refractivity contribution in [1.82, 2.24) is 5.32 Å². The summed E-state index contributed by atoms with van der Waals surface area (Å²) in [5, 5.41) is 5.90. The van der Waals surface area contributed by atoms with Crippen LogP contribution in [0.5, 0.6) is 11.5 Å². The number of anilines is 1. The maximum atomic E-state index is 12.5. The lowest BCUT2D eigenvalue weighted by Crippen LogP contribution is -2.41. The number of ether oxygens (including phenoxy) is 2. The van der Waals surface area contributed by atoms with Crippen molar-refractivity contribution in [3.05, 3.63) is 54.1 Å². The van der Waals surface area contributed by atoms with Gasteiger partial charge in [-0.1, -0.05) is 25.8 Å². The maximum absolute atomic E-state index is 12.5. The van der Waals surface area contributed by atoms with Gasteiger partial charge in [0.05, 0.1) is 7.11 Å². The molecule has 0 saturated heterocycles. The lowest BCUT2D eigenvalue weighted by molar-refractivity contribution is -0.118. The number of benzene rings is 2. The largest absolute Gasteiger partial charge is 0.497 e. The average molecular weight is 396 g/mol. The Kier molecular flexibility index (Phi) is 7.11.